The standard InChI is InChI=1S/C42H81N9/c1-16-17-23-50(33-27-39(7,8)47-40(9,10)28-33)35-43-31(2)44-36(45-35)51(34-29-41(11,12)48-42(13,14)30-34)24-21-19-18-20-22-49(15)32-25-37(3,4)46-38(5,6)26-32/h32-34,46-48H,16-30H2,1-15H3. The summed E-state index contributed by atoms with van der Waals surface area (Å²) in [4.78, 5) is 23.4. The zero-order chi connectivity index (χ0) is 38.0. The highest BCUT2D eigenvalue weighted by Gasteiger charge is 2.43. The van der Waals surface area contributed by atoms with Crippen LogP contribution in [0, 0.1) is 6.92 Å². The molecular formula is C42H81N9. The van der Waals surface area contributed by atoms with Crippen molar-refractivity contribution >= 4 is 11.9 Å². The van der Waals surface area contributed by atoms with E-state index in [9.17, 15) is 0 Å². The number of aryl methyl sites for hydroxylation is 1. The minimum Gasteiger partial charge on any atom is -0.338 e. The minimum absolute atomic E-state index is 0.0390. The maximum Gasteiger partial charge on any atom is 0.230 e. The Labute approximate surface area is 314 Å². The van der Waals surface area contributed by atoms with Crippen LogP contribution >= 0.6 is 0 Å². The van der Waals surface area contributed by atoms with E-state index >= 15 is 0 Å². The van der Waals surface area contributed by atoms with Crippen LogP contribution in [0.4, 0.5) is 11.9 Å². The molecule has 4 heterocycles. The van der Waals surface area contributed by atoms with Crippen molar-refractivity contribution in [3.8, 4) is 0 Å². The van der Waals surface area contributed by atoms with E-state index in [1.165, 1.54) is 38.6 Å². The van der Waals surface area contributed by atoms with E-state index in [4.69, 9.17) is 15.0 Å². The van der Waals surface area contributed by atoms with Crippen LogP contribution in [0.5, 0.6) is 0 Å². The highest BCUT2D eigenvalue weighted by molar-refractivity contribution is 5.42. The van der Waals surface area contributed by atoms with E-state index in [-0.39, 0.29) is 33.2 Å². The van der Waals surface area contributed by atoms with E-state index in [2.05, 4.69) is 135 Å². The zero-order valence-electron chi connectivity index (χ0n) is 36.0. The predicted molar refractivity (Wildman–Crippen MR) is 218 cm³/mol. The van der Waals surface area contributed by atoms with Crippen LogP contribution in [0.25, 0.3) is 0 Å². The van der Waals surface area contributed by atoms with E-state index in [1.807, 2.05) is 0 Å². The number of hydrogen-bond donors (Lipinski definition) is 3. The van der Waals surface area contributed by atoms with Crippen molar-refractivity contribution in [1.29, 1.82) is 0 Å². The largest absolute Gasteiger partial charge is 0.338 e. The van der Waals surface area contributed by atoms with Gasteiger partial charge in [-0.25, -0.2) is 0 Å². The molecule has 0 spiro atoms. The molecule has 0 unspecified atom stereocenters. The van der Waals surface area contributed by atoms with Crippen LogP contribution in [0.3, 0.4) is 0 Å². The van der Waals surface area contributed by atoms with Gasteiger partial charge in [0.25, 0.3) is 0 Å². The highest BCUT2D eigenvalue weighted by atomic mass is 15.4. The number of piperidine rings is 3. The van der Waals surface area contributed by atoms with E-state index < -0.39 is 0 Å². The molecule has 1 aromatic rings. The maximum absolute atomic E-state index is 5.42. The topological polar surface area (TPSA) is 84.5 Å². The molecule has 1 aromatic heterocycles. The Bertz CT molecular complexity index is 1220. The van der Waals surface area contributed by atoms with Gasteiger partial charge in [-0.15, -0.1) is 0 Å². The summed E-state index contributed by atoms with van der Waals surface area (Å²) in [5, 5.41) is 11.7. The fourth-order valence-corrected chi connectivity index (χ4v) is 10.7. The predicted octanol–water partition coefficient (Wildman–Crippen LogP) is 8.01. The van der Waals surface area contributed by atoms with E-state index in [1.54, 1.807) is 0 Å². The molecule has 0 atom stereocenters. The molecule has 3 saturated heterocycles. The molecule has 294 valence electrons. The Hall–Kier alpha value is -1.55. The number of aromatic nitrogens is 3. The molecule has 3 N–H and O–H groups in total. The van der Waals surface area contributed by atoms with Gasteiger partial charge in [-0.1, -0.05) is 26.2 Å². The minimum atomic E-state index is 0.0390. The van der Waals surface area contributed by atoms with Crippen molar-refractivity contribution in [3.63, 3.8) is 0 Å². The third kappa shape index (κ3) is 12.5. The molecule has 51 heavy (non-hydrogen) atoms. The van der Waals surface area contributed by atoms with Crippen LogP contribution < -0.4 is 25.8 Å². The van der Waals surface area contributed by atoms with Gasteiger partial charge in [-0.05, 0) is 161 Å². The van der Waals surface area contributed by atoms with Gasteiger partial charge in [0.15, 0.2) is 0 Å². The van der Waals surface area contributed by atoms with Crippen LogP contribution in [0.15, 0.2) is 0 Å². The van der Waals surface area contributed by atoms with Gasteiger partial charge in [0.1, 0.15) is 5.82 Å². The Morgan fingerprint density at radius 1 is 0.490 bits per heavy atom. The van der Waals surface area contributed by atoms with Gasteiger partial charge in [0, 0.05) is 64.4 Å². The molecule has 0 aromatic carbocycles. The Morgan fingerprint density at radius 2 is 0.824 bits per heavy atom. The van der Waals surface area contributed by atoms with Crippen molar-refractivity contribution in [2.75, 3.05) is 36.5 Å². The molecule has 9 heteroatoms. The molecule has 0 aliphatic carbocycles. The molecule has 3 aliphatic heterocycles. The summed E-state index contributed by atoms with van der Waals surface area (Å²) in [6, 6.07) is 1.38. The second kappa shape index (κ2) is 16.0. The van der Waals surface area contributed by atoms with Crippen LogP contribution in [0.1, 0.15) is 173 Å². The van der Waals surface area contributed by atoms with Gasteiger partial charge in [-0.3, -0.25) is 0 Å². The third-order valence-electron chi connectivity index (χ3n) is 11.7. The summed E-state index contributed by atoms with van der Waals surface area (Å²) >= 11 is 0. The number of nitrogens with one attached hydrogen (secondary N) is 3. The second-order valence-electron chi connectivity index (χ2n) is 21.0. The van der Waals surface area contributed by atoms with Crippen LogP contribution in [-0.2, 0) is 0 Å². The van der Waals surface area contributed by atoms with E-state index in [0.717, 1.165) is 75.8 Å². The molecule has 4 rings (SSSR count). The average Bonchev–Trinajstić information content (AvgIpc) is 2.91. The number of nitrogens with zero attached hydrogens (tertiary/aromatic N) is 6. The van der Waals surface area contributed by atoms with E-state index in [0.29, 0.717) is 18.1 Å². The van der Waals surface area contributed by atoms with Crippen molar-refractivity contribution in [2.24, 2.45) is 0 Å². The third-order valence-corrected chi connectivity index (χ3v) is 11.7. The quantitative estimate of drug-likeness (QED) is 0.157. The number of rotatable bonds is 15. The number of unbranched alkanes of at least 4 members (excludes halogenated alkanes) is 4. The molecule has 9 nitrogen and oxygen atoms in total. The molecule has 0 amide bonds. The fraction of sp³-hybridized carbons (Fsp3) is 0.929. The lowest BCUT2D eigenvalue weighted by atomic mass is 9.79. The van der Waals surface area contributed by atoms with Crippen molar-refractivity contribution in [2.45, 2.75) is 225 Å². The van der Waals surface area contributed by atoms with Gasteiger partial charge in [-0.2, -0.15) is 15.0 Å². The molecular weight excluding hydrogens is 631 g/mol. The van der Waals surface area contributed by atoms with Crippen LogP contribution in [-0.4, -0.2) is 97.9 Å². The smallest absolute Gasteiger partial charge is 0.230 e. The van der Waals surface area contributed by atoms with Gasteiger partial charge in [0.05, 0.1) is 0 Å². The first-order valence-corrected chi connectivity index (χ1v) is 20.7. The Morgan fingerprint density at radius 3 is 1.20 bits per heavy atom. The lowest BCUT2D eigenvalue weighted by Gasteiger charge is -2.50. The highest BCUT2D eigenvalue weighted by Crippen LogP contribution is 2.36. The van der Waals surface area contributed by atoms with Crippen LogP contribution in [0.2, 0.25) is 0 Å². The molecule has 0 radical (unpaired) electrons. The van der Waals surface area contributed by atoms with Crippen molar-refractivity contribution in [3.05, 3.63) is 5.82 Å². The van der Waals surface area contributed by atoms with Gasteiger partial charge >= 0.3 is 0 Å². The monoisotopic (exact) mass is 712 g/mol. The van der Waals surface area contributed by atoms with Gasteiger partial charge < -0.3 is 30.7 Å². The first-order chi connectivity index (χ1) is 23.4. The first kappa shape index (κ1) is 42.2. The normalized spacial score (nSPS) is 24.5. The molecule has 3 fully saturated rings. The summed E-state index contributed by atoms with van der Waals surface area (Å²) < 4.78 is 0. The lowest BCUT2D eigenvalue weighted by Crippen LogP contribution is -2.63. The SMILES string of the molecule is CCCCN(c1nc(C)nc(N(CCCCCCN(C)C2CC(C)(C)NC(C)(C)C2)C2CC(C)(C)NC(C)(C)C2)n1)C1CC(C)(C)NC(C)(C)C1. The summed E-state index contributed by atoms with van der Waals surface area (Å²) in [7, 11) is 2.35. The molecule has 3 aliphatic rings. The Kier molecular flexibility index (Phi) is 13.3. The second-order valence-corrected chi connectivity index (χ2v) is 21.0. The number of hydrogen-bond acceptors (Lipinski definition) is 9. The van der Waals surface area contributed by atoms with Crippen molar-refractivity contribution < 1.29 is 0 Å². The summed E-state index contributed by atoms with van der Waals surface area (Å²) in [6.07, 6.45) is 13.9. The molecule has 0 bridgehead atoms. The first-order valence-electron chi connectivity index (χ1n) is 20.7. The Balaban J connectivity index is 1.51. The van der Waals surface area contributed by atoms with Crippen molar-refractivity contribution in [1.82, 2.24) is 35.8 Å². The molecule has 0 saturated carbocycles. The number of anilines is 2. The summed E-state index contributed by atoms with van der Waals surface area (Å²) in [5.74, 6) is 2.57. The zero-order valence-corrected chi connectivity index (χ0v) is 36.0. The maximum atomic E-state index is 5.42. The van der Waals surface area contributed by atoms with Gasteiger partial charge in [0.2, 0.25) is 11.9 Å². The average molecular weight is 712 g/mol. The fourth-order valence-electron chi connectivity index (χ4n) is 10.7. The summed E-state index contributed by atoms with van der Waals surface area (Å²) in [5.41, 5.74) is 0.548. The summed E-state index contributed by atoms with van der Waals surface area (Å²) in [6.45, 7) is 35.7. The lowest BCUT2D eigenvalue weighted by molar-refractivity contribution is 0.0805.